The second-order valence-electron chi connectivity index (χ2n) is 7.77. The summed E-state index contributed by atoms with van der Waals surface area (Å²) in [5.41, 5.74) is 1.44. The van der Waals surface area contributed by atoms with Crippen molar-refractivity contribution in [3.05, 3.63) is 107 Å². The number of phenols is 1. The smallest absolute Gasteiger partial charge is 0.342 e. The van der Waals surface area contributed by atoms with Crippen molar-refractivity contribution in [3.63, 3.8) is 0 Å². The van der Waals surface area contributed by atoms with E-state index >= 15 is 0 Å². The monoisotopic (exact) mass is 438 g/mol. The van der Waals surface area contributed by atoms with Gasteiger partial charge >= 0.3 is 5.97 Å². The van der Waals surface area contributed by atoms with Gasteiger partial charge in [-0.3, -0.25) is 0 Å². The lowest BCUT2D eigenvalue weighted by atomic mass is 9.82. The number of hydrogen-bond acceptors (Lipinski definition) is 5. The molecule has 1 aliphatic rings. The summed E-state index contributed by atoms with van der Waals surface area (Å²) in [6.45, 7) is 0. The third kappa shape index (κ3) is 3.21. The quantitative estimate of drug-likeness (QED) is 0.415. The SMILES string of the molecule is COC(=O)c1c2c(c3ccccc3c1O)OC(c1ccccc1)(c1ccc(OC)cc1)C=C2. The molecule has 0 amide bonds. The number of carbonyl (C=O) groups is 1. The number of ether oxygens (including phenoxy) is 3. The van der Waals surface area contributed by atoms with Crippen molar-refractivity contribution in [1.82, 2.24) is 0 Å². The lowest BCUT2D eigenvalue weighted by molar-refractivity contribution is 0.0596. The van der Waals surface area contributed by atoms with Crippen molar-refractivity contribution < 1.29 is 24.1 Å². The van der Waals surface area contributed by atoms with Crippen LogP contribution in [0.2, 0.25) is 0 Å². The predicted octanol–water partition coefficient (Wildman–Crippen LogP) is 5.69. The number of rotatable bonds is 4. The lowest BCUT2D eigenvalue weighted by Gasteiger charge is -2.37. The zero-order valence-corrected chi connectivity index (χ0v) is 18.2. The molecule has 0 aromatic heterocycles. The van der Waals surface area contributed by atoms with E-state index in [0.717, 1.165) is 16.9 Å². The minimum atomic E-state index is -0.951. The number of fused-ring (bicyclic) bond motifs is 3. The van der Waals surface area contributed by atoms with E-state index in [9.17, 15) is 9.90 Å². The summed E-state index contributed by atoms with van der Waals surface area (Å²) in [4.78, 5) is 12.6. The lowest BCUT2D eigenvalue weighted by Crippen LogP contribution is -2.34. The van der Waals surface area contributed by atoms with Gasteiger partial charge in [0.05, 0.1) is 14.2 Å². The van der Waals surface area contributed by atoms with Crippen LogP contribution in [0.1, 0.15) is 27.0 Å². The van der Waals surface area contributed by atoms with Gasteiger partial charge in [0, 0.05) is 27.5 Å². The summed E-state index contributed by atoms with van der Waals surface area (Å²) in [6.07, 6.45) is 3.74. The molecule has 4 aromatic rings. The van der Waals surface area contributed by atoms with E-state index in [4.69, 9.17) is 14.2 Å². The van der Waals surface area contributed by atoms with E-state index in [1.54, 1.807) is 13.2 Å². The molecule has 0 fully saturated rings. The van der Waals surface area contributed by atoms with Crippen LogP contribution in [0.25, 0.3) is 16.8 Å². The third-order valence-electron chi connectivity index (χ3n) is 6.04. The van der Waals surface area contributed by atoms with Gasteiger partial charge in [-0.25, -0.2) is 4.79 Å². The van der Waals surface area contributed by atoms with E-state index in [1.165, 1.54) is 7.11 Å². The number of methoxy groups -OCH3 is 2. The molecule has 164 valence electrons. The molecular formula is C28H22O5. The van der Waals surface area contributed by atoms with Crippen molar-refractivity contribution in [2.75, 3.05) is 14.2 Å². The molecule has 0 bridgehead atoms. The van der Waals surface area contributed by atoms with Crippen LogP contribution in [0.4, 0.5) is 0 Å². The number of carbonyl (C=O) groups excluding carboxylic acids is 1. The molecule has 1 unspecified atom stereocenters. The average Bonchev–Trinajstić information content (AvgIpc) is 2.89. The van der Waals surface area contributed by atoms with Crippen molar-refractivity contribution in [2.45, 2.75) is 5.60 Å². The summed E-state index contributed by atoms with van der Waals surface area (Å²) in [7, 11) is 2.92. The van der Waals surface area contributed by atoms with Crippen molar-refractivity contribution >= 4 is 22.8 Å². The van der Waals surface area contributed by atoms with Crippen LogP contribution in [-0.2, 0) is 10.3 Å². The average molecular weight is 438 g/mol. The maximum Gasteiger partial charge on any atom is 0.342 e. The molecule has 0 saturated heterocycles. The first-order valence-corrected chi connectivity index (χ1v) is 10.5. The van der Waals surface area contributed by atoms with Crippen LogP contribution in [0.5, 0.6) is 17.2 Å². The third-order valence-corrected chi connectivity index (χ3v) is 6.04. The summed E-state index contributed by atoms with van der Waals surface area (Å²) < 4.78 is 17.1. The minimum absolute atomic E-state index is 0.0823. The van der Waals surface area contributed by atoms with Gasteiger partial charge < -0.3 is 19.3 Å². The topological polar surface area (TPSA) is 65.0 Å². The number of benzene rings is 4. The van der Waals surface area contributed by atoms with Gasteiger partial charge in [0.15, 0.2) is 5.60 Å². The zero-order chi connectivity index (χ0) is 23.0. The van der Waals surface area contributed by atoms with E-state index < -0.39 is 11.6 Å². The molecule has 0 aliphatic carbocycles. The Kier molecular flexibility index (Phi) is 5.02. The van der Waals surface area contributed by atoms with E-state index in [-0.39, 0.29) is 11.3 Å². The van der Waals surface area contributed by atoms with Gasteiger partial charge in [0.2, 0.25) is 0 Å². The van der Waals surface area contributed by atoms with Crippen LogP contribution < -0.4 is 9.47 Å². The van der Waals surface area contributed by atoms with Gasteiger partial charge in [0.25, 0.3) is 0 Å². The van der Waals surface area contributed by atoms with Crippen LogP contribution >= 0.6 is 0 Å². The largest absolute Gasteiger partial charge is 0.506 e. The fraction of sp³-hybridized carbons (Fsp3) is 0.107. The molecule has 5 rings (SSSR count). The highest BCUT2D eigenvalue weighted by Crippen LogP contribution is 2.49. The highest BCUT2D eigenvalue weighted by molar-refractivity contribution is 6.08. The Morgan fingerprint density at radius 3 is 2.15 bits per heavy atom. The Bertz CT molecular complexity index is 1370. The number of phenolic OH excluding ortho intramolecular Hbond substituents is 1. The highest BCUT2D eigenvalue weighted by atomic mass is 16.5. The molecule has 0 radical (unpaired) electrons. The Balaban J connectivity index is 1.81. The van der Waals surface area contributed by atoms with Gasteiger partial charge in [0.1, 0.15) is 22.8 Å². The Hall–Kier alpha value is -4.25. The van der Waals surface area contributed by atoms with E-state index in [2.05, 4.69) is 0 Å². The molecule has 1 aliphatic heterocycles. The van der Waals surface area contributed by atoms with Crippen molar-refractivity contribution in [1.29, 1.82) is 0 Å². The number of esters is 1. The molecule has 4 aromatic carbocycles. The van der Waals surface area contributed by atoms with Crippen LogP contribution in [0.3, 0.4) is 0 Å². The molecule has 0 spiro atoms. The summed E-state index contributed by atoms with van der Waals surface area (Å²) in [5, 5.41) is 12.1. The summed E-state index contributed by atoms with van der Waals surface area (Å²) >= 11 is 0. The molecule has 1 N–H and O–H groups in total. The molecule has 1 atom stereocenters. The van der Waals surface area contributed by atoms with E-state index in [0.29, 0.717) is 22.1 Å². The zero-order valence-electron chi connectivity index (χ0n) is 18.2. The standard InChI is InChI=1S/C28H22O5/c1-31-20-14-12-19(13-15-20)28(18-8-4-3-5-9-18)17-16-23-24(27(30)32-2)25(29)21-10-6-7-11-22(21)26(23)33-28/h3-17,29H,1-2H3. The van der Waals surface area contributed by atoms with Gasteiger partial charge in [-0.2, -0.15) is 0 Å². The second kappa shape index (κ2) is 8.02. The summed E-state index contributed by atoms with van der Waals surface area (Å²) in [5.74, 6) is 0.497. The Labute approximate surface area is 191 Å². The maximum absolute atomic E-state index is 12.6. The van der Waals surface area contributed by atoms with Crippen LogP contribution in [0.15, 0.2) is 84.9 Å². The number of hydrogen-bond donors (Lipinski definition) is 1. The van der Waals surface area contributed by atoms with E-state index in [1.807, 2.05) is 84.9 Å². The van der Waals surface area contributed by atoms with Gasteiger partial charge in [-0.05, 0) is 24.3 Å². The maximum atomic E-state index is 12.6. The second-order valence-corrected chi connectivity index (χ2v) is 7.77. The molecule has 33 heavy (non-hydrogen) atoms. The molecule has 5 heteroatoms. The van der Waals surface area contributed by atoms with Crippen molar-refractivity contribution in [2.24, 2.45) is 0 Å². The molecular weight excluding hydrogens is 416 g/mol. The van der Waals surface area contributed by atoms with Gasteiger partial charge in [-0.15, -0.1) is 0 Å². The highest BCUT2D eigenvalue weighted by Gasteiger charge is 2.39. The first-order valence-electron chi connectivity index (χ1n) is 10.5. The predicted molar refractivity (Wildman–Crippen MR) is 127 cm³/mol. The minimum Gasteiger partial charge on any atom is -0.506 e. The Morgan fingerprint density at radius 2 is 1.48 bits per heavy atom. The fourth-order valence-electron chi connectivity index (χ4n) is 4.38. The molecule has 5 nitrogen and oxygen atoms in total. The first kappa shape index (κ1) is 20.6. The molecule has 1 heterocycles. The normalized spacial score (nSPS) is 16.7. The summed E-state index contributed by atoms with van der Waals surface area (Å²) in [6, 6.07) is 24.9. The number of aromatic hydroxyl groups is 1. The van der Waals surface area contributed by atoms with Crippen LogP contribution in [0, 0.1) is 0 Å². The van der Waals surface area contributed by atoms with Gasteiger partial charge in [-0.1, -0.05) is 66.7 Å². The van der Waals surface area contributed by atoms with Crippen LogP contribution in [-0.4, -0.2) is 25.3 Å². The Morgan fingerprint density at radius 1 is 0.848 bits per heavy atom. The molecule has 0 saturated carbocycles. The van der Waals surface area contributed by atoms with Crippen molar-refractivity contribution in [3.8, 4) is 17.2 Å². The first-order chi connectivity index (χ1) is 16.1. The fourth-order valence-corrected chi connectivity index (χ4v) is 4.38.